The minimum atomic E-state index is -4.56. The zero-order chi connectivity index (χ0) is 20.5. The number of sulfonamides is 1. The topological polar surface area (TPSA) is 76.9 Å². The molecule has 150 valence electrons. The molecule has 28 heavy (non-hydrogen) atoms. The summed E-state index contributed by atoms with van der Waals surface area (Å²) in [5, 5.41) is 4.27. The van der Waals surface area contributed by atoms with Gasteiger partial charge in [-0.05, 0) is 41.4 Å². The Hall–Kier alpha value is -1.98. The first-order valence-corrected chi connectivity index (χ1v) is 10.5. The zero-order valence-electron chi connectivity index (χ0n) is 14.7. The first-order chi connectivity index (χ1) is 13.1. The number of fused-ring (bicyclic) bond motifs is 1. The van der Waals surface area contributed by atoms with Crippen LogP contribution < -0.4 is 4.72 Å². The number of rotatable bonds is 6. The molecule has 1 aromatic carbocycles. The lowest BCUT2D eigenvalue weighted by Gasteiger charge is -2.09. The Morgan fingerprint density at radius 2 is 1.93 bits per heavy atom. The number of aromatic nitrogens is 3. The van der Waals surface area contributed by atoms with E-state index >= 15 is 0 Å². The molecular formula is C17H16BrF3N4O2S. The lowest BCUT2D eigenvalue weighted by molar-refractivity contribution is -0.142. The molecule has 0 aliphatic carbocycles. The lowest BCUT2D eigenvalue weighted by atomic mass is 10.2. The Kier molecular flexibility index (Phi) is 5.78. The van der Waals surface area contributed by atoms with Gasteiger partial charge in [0.1, 0.15) is 4.90 Å². The zero-order valence-corrected chi connectivity index (χ0v) is 17.1. The summed E-state index contributed by atoms with van der Waals surface area (Å²) in [4.78, 5) is 4.18. The molecule has 1 N–H and O–H groups in total. The van der Waals surface area contributed by atoms with Crippen molar-refractivity contribution in [3.8, 4) is 0 Å². The summed E-state index contributed by atoms with van der Waals surface area (Å²) >= 11 is 2.91. The summed E-state index contributed by atoms with van der Waals surface area (Å²) in [6.07, 6.45) is -2.78. The molecule has 0 bridgehead atoms. The van der Waals surface area contributed by atoms with Crippen LogP contribution in [-0.4, -0.2) is 29.7 Å². The van der Waals surface area contributed by atoms with Crippen LogP contribution in [0.3, 0.4) is 0 Å². The average Bonchev–Trinajstić information content (AvgIpc) is 2.93. The van der Waals surface area contributed by atoms with Crippen LogP contribution in [0.15, 0.2) is 45.9 Å². The third-order valence-electron chi connectivity index (χ3n) is 4.13. The standard InChI is InChI=1S/C17H16BrF3N4O2S/c1-11-14(18)16(17(19,20)21)24-25(11)10-4-9-23-28(26,27)13-7-2-5-12-6-3-8-22-15(12)13/h2-3,5-8,23H,4,9-10H2,1H3. The second kappa shape index (κ2) is 7.80. The van der Waals surface area contributed by atoms with Gasteiger partial charge in [-0.15, -0.1) is 0 Å². The van der Waals surface area contributed by atoms with Gasteiger partial charge in [-0.2, -0.15) is 18.3 Å². The van der Waals surface area contributed by atoms with Crippen molar-refractivity contribution in [3.63, 3.8) is 0 Å². The van der Waals surface area contributed by atoms with Gasteiger partial charge >= 0.3 is 6.18 Å². The molecule has 0 saturated heterocycles. The van der Waals surface area contributed by atoms with E-state index in [0.29, 0.717) is 16.6 Å². The maximum Gasteiger partial charge on any atom is 0.436 e. The van der Waals surface area contributed by atoms with Gasteiger partial charge in [0.25, 0.3) is 0 Å². The molecule has 0 aliphatic heterocycles. The van der Waals surface area contributed by atoms with Gasteiger partial charge in [0.2, 0.25) is 10.0 Å². The van der Waals surface area contributed by atoms with Gasteiger partial charge in [-0.25, -0.2) is 13.1 Å². The van der Waals surface area contributed by atoms with Crippen molar-refractivity contribution in [2.24, 2.45) is 0 Å². The van der Waals surface area contributed by atoms with Gasteiger partial charge in [0.15, 0.2) is 5.69 Å². The number of hydrogen-bond acceptors (Lipinski definition) is 4. The predicted octanol–water partition coefficient (Wildman–Crippen LogP) is 3.89. The van der Waals surface area contributed by atoms with Crippen molar-refractivity contribution >= 4 is 36.9 Å². The third kappa shape index (κ3) is 4.20. The fraction of sp³-hybridized carbons (Fsp3) is 0.294. The van der Waals surface area contributed by atoms with E-state index in [1.165, 1.54) is 23.9 Å². The molecule has 0 aliphatic rings. The van der Waals surface area contributed by atoms with Gasteiger partial charge < -0.3 is 0 Å². The van der Waals surface area contributed by atoms with Crippen molar-refractivity contribution in [1.82, 2.24) is 19.5 Å². The molecule has 3 rings (SSSR count). The van der Waals surface area contributed by atoms with E-state index in [1.54, 1.807) is 24.3 Å². The van der Waals surface area contributed by atoms with Crippen LogP contribution in [0.1, 0.15) is 17.8 Å². The summed E-state index contributed by atoms with van der Waals surface area (Å²) in [5.74, 6) is 0. The van der Waals surface area contributed by atoms with E-state index in [0.717, 1.165) is 0 Å². The second-order valence-electron chi connectivity index (χ2n) is 6.05. The van der Waals surface area contributed by atoms with Crippen molar-refractivity contribution in [1.29, 1.82) is 0 Å². The number of nitrogens with one attached hydrogen (secondary N) is 1. The summed E-state index contributed by atoms with van der Waals surface area (Å²) in [6.45, 7) is 1.69. The number of halogens is 4. The number of hydrogen-bond donors (Lipinski definition) is 1. The average molecular weight is 477 g/mol. The first-order valence-electron chi connectivity index (χ1n) is 8.25. The smallest absolute Gasteiger partial charge is 0.268 e. The van der Waals surface area contributed by atoms with Crippen molar-refractivity contribution in [2.75, 3.05) is 6.54 Å². The number of pyridine rings is 1. The quantitative estimate of drug-likeness (QED) is 0.547. The van der Waals surface area contributed by atoms with Crippen molar-refractivity contribution in [2.45, 2.75) is 31.0 Å². The highest BCUT2D eigenvalue weighted by molar-refractivity contribution is 9.10. The van der Waals surface area contributed by atoms with Crippen LogP contribution in [0.4, 0.5) is 13.2 Å². The SMILES string of the molecule is Cc1c(Br)c(C(F)(F)F)nn1CCCNS(=O)(=O)c1cccc2cccnc12. The number of nitrogens with zero attached hydrogens (tertiary/aromatic N) is 3. The molecule has 0 atom stereocenters. The molecule has 6 nitrogen and oxygen atoms in total. The Labute approximate surface area is 167 Å². The van der Waals surface area contributed by atoms with E-state index in [2.05, 4.69) is 30.7 Å². The van der Waals surface area contributed by atoms with Crippen LogP contribution in [0.5, 0.6) is 0 Å². The van der Waals surface area contributed by atoms with E-state index in [-0.39, 0.29) is 28.9 Å². The van der Waals surface area contributed by atoms with E-state index < -0.39 is 21.9 Å². The number of benzene rings is 1. The highest BCUT2D eigenvalue weighted by atomic mass is 79.9. The van der Waals surface area contributed by atoms with Crippen LogP contribution in [-0.2, 0) is 22.7 Å². The van der Waals surface area contributed by atoms with Gasteiger partial charge in [0.05, 0.1) is 15.7 Å². The third-order valence-corrected chi connectivity index (χ3v) is 6.57. The molecule has 3 aromatic rings. The molecule has 0 unspecified atom stereocenters. The second-order valence-corrected chi connectivity index (χ2v) is 8.58. The molecular weight excluding hydrogens is 461 g/mol. The van der Waals surface area contributed by atoms with E-state index in [9.17, 15) is 21.6 Å². The maximum atomic E-state index is 12.9. The van der Waals surface area contributed by atoms with Crippen LogP contribution in [0, 0.1) is 6.92 Å². The normalized spacial score (nSPS) is 12.6. The Balaban J connectivity index is 1.68. The molecule has 2 heterocycles. The minimum absolute atomic E-state index is 0.0455. The Morgan fingerprint density at radius 3 is 2.61 bits per heavy atom. The highest BCUT2D eigenvalue weighted by Crippen LogP contribution is 2.35. The van der Waals surface area contributed by atoms with E-state index in [4.69, 9.17) is 0 Å². The summed E-state index contributed by atoms with van der Waals surface area (Å²) in [7, 11) is -3.81. The highest BCUT2D eigenvalue weighted by Gasteiger charge is 2.37. The molecule has 11 heteroatoms. The van der Waals surface area contributed by atoms with Gasteiger partial charge in [-0.1, -0.05) is 18.2 Å². The number of aryl methyl sites for hydroxylation is 1. The van der Waals surface area contributed by atoms with Crippen LogP contribution in [0.2, 0.25) is 0 Å². The molecule has 2 aromatic heterocycles. The van der Waals surface area contributed by atoms with Gasteiger partial charge in [0, 0.05) is 24.7 Å². The molecule has 0 radical (unpaired) electrons. The van der Waals surface area contributed by atoms with E-state index in [1.807, 2.05) is 0 Å². The summed E-state index contributed by atoms with van der Waals surface area (Å²) < 4.78 is 67.4. The Bertz CT molecular complexity index is 1110. The summed E-state index contributed by atoms with van der Waals surface area (Å²) in [6, 6.07) is 8.33. The Morgan fingerprint density at radius 1 is 1.21 bits per heavy atom. The molecule has 0 saturated carbocycles. The first kappa shape index (κ1) is 20.7. The lowest BCUT2D eigenvalue weighted by Crippen LogP contribution is -2.26. The fourth-order valence-corrected chi connectivity index (χ4v) is 4.49. The largest absolute Gasteiger partial charge is 0.436 e. The monoisotopic (exact) mass is 476 g/mol. The molecule has 0 spiro atoms. The van der Waals surface area contributed by atoms with Gasteiger partial charge in [-0.3, -0.25) is 9.67 Å². The fourth-order valence-electron chi connectivity index (χ4n) is 2.73. The molecule has 0 amide bonds. The predicted molar refractivity (Wildman–Crippen MR) is 101 cm³/mol. The van der Waals surface area contributed by atoms with Crippen LogP contribution in [0.25, 0.3) is 10.9 Å². The maximum absolute atomic E-state index is 12.9. The number of alkyl halides is 3. The molecule has 0 fully saturated rings. The van der Waals surface area contributed by atoms with Crippen molar-refractivity contribution < 1.29 is 21.6 Å². The van der Waals surface area contributed by atoms with Crippen molar-refractivity contribution in [3.05, 3.63) is 52.4 Å². The van der Waals surface area contributed by atoms with Crippen LogP contribution >= 0.6 is 15.9 Å². The summed E-state index contributed by atoms with van der Waals surface area (Å²) in [5.41, 5.74) is -0.306. The number of para-hydroxylation sites is 1. The minimum Gasteiger partial charge on any atom is -0.268 e.